The maximum atomic E-state index is 12.4. The maximum Gasteiger partial charge on any atom is 0.326 e. The minimum absolute atomic E-state index is 0.0166. The van der Waals surface area contributed by atoms with Crippen LogP contribution in [-0.4, -0.2) is 37.2 Å². The molecule has 1 aromatic rings. The zero-order chi connectivity index (χ0) is 20.0. The predicted molar refractivity (Wildman–Crippen MR) is 102 cm³/mol. The lowest BCUT2D eigenvalue weighted by Crippen LogP contribution is -2.41. The van der Waals surface area contributed by atoms with Gasteiger partial charge in [0, 0.05) is 11.3 Å². The summed E-state index contributed by atoms with van der Waals surface area (Å²) in [4.78, 5) is 23.8. The Kier molecular flexibility index (Phi) is 7.62. The summed E-state index contributed by atoms with van der Waals surface area (Å²) in [5.74, 6) is -1.66. The number of nitrogens with one attached hydrogen (secondary N) is 2. The maximum absolute atomic E-state index is 12.4. The summed E-state index contributed by atoms with van der Waals surface area (Å²) in [6.45, 7) is 7.76. The van der Waals surface area contributed by atoms with Gasteiger partial charge in [0.05, 0.1) is 5.75 Å². The average molecular weight is 384 g/mol. The van der Waals surface area contributed by atoms with E-state index in [1.54, 1.807) is 13.0 Å². The summed E-state index contributed by atoms with van der Waals surface area (Å²) < 4.78 is 26.1. The van der Waals surface area contributed by atoms with Crippen molar-refractivity contribution >= 4 is 27.6 Å². The van der Waals surface area contributed by atoms with Crippen LogP contribution >= 0.6 is 0 Å². The molecule has 26 heavy (non-hydrogen) atoms. The van der Waals surface area contributed by atoms with E-state index >= 15 is 0 Å². The Morgan fingerprint density at radius 2 is 1.88 bits per heavy atom. The molecular formula is C18H28N2O5S. The molecule has 146 valence electrons. The molecule has 0 saturated heterocycles. The van der Waals surface area contributed by atoms with Crippen LogP contribution in [0.15, 0.2) is 24.3 Å². The zero-order valence-corrected chi connectivity index (χ0v) is 16.5. The number of hydrogen-bond donors (Lipinski definition) is 3. The molecule has 0 spiro atoms. The van der Waals surface area contributed by atoms with Gasteiger partial charge in [-0.1, -0.05) is 33.8 Å². The van der Waals surface area contributed by atoms with Gasteiger partial charge in [0.15, 0.2) is 0 Å². The summed E-state index contributed by atoms with van der Waals surface area (Å²) in [5, 5.41) is 11.8. The van der Waals surface area contributed by atoms with Gasteiger partial charge in [-0.3, -0.25) is 9.52 Å². The molecule has 1 unspecified atom stereocenters. The third kappa shape index (κ3) is 7.86. The molecule has 8 heteroatoms. The van der Waals surface area contributed by atoms with Crippen molar-refractivity contribution in [3.8, 4) is 0 Å². The van der Waals surface area contributed by atoms with Crippen LogP contribution in [0, 0.1) is 5.41 Å². The summed E-state index contributed by atoms with van der Waals surface area (Å²) in [6.07, 6.45) is 1.43. The Morgan fingerprint density at radius 3 is 2.42 bits per heavy atom. The minimum Gasteiger partial charge on any atom is -0.480 e. The highest BCUT2D eigenvalue weighted by Crippen LogP contribution is 2.22. The van der Waals surface area contributed by atoms with Crippen molar-refractivity contribution in [2.24, 2.45) is 5.41 Å². The molecule has 0 aliphatic rings. The van der Waals surface area contributed by atoms with Gasteiger partial charge in [-0.05, 0) is 42.9 Å². The first-order valence-corrected chi connectivity index (χ1v) is 10.2. The molecule has 0 aliphatic carbocycles. The monoisotopic (exact) mass is 384 g/mol. The van der Waals surface area contributed by atoms with Gasteiger partial charge in [-0.25, -0.2) is 13.2 Å². The number of aliphatic carboxylic acids is 1. The minimum atomic E-state index is -3.46. The Bertz CT molecular complexity index is 738. The fourth-order valence-electron chi connectivity index (χ4n) is 2.30. The largest absolute Gasteiger partial charge is 0.480 e. The number of benzene rings is 1. The van der Waals surface area contributed by atoms with Gasteiger partial charge in [0.25, 0.3) is 5.91 Å². The zero-order valence-electron chi connectivity index (χ0n) is 15.7. The highest BCUT2D eigenvalue weighted by molar-refractivity contribution is 7.92. The molecule has 3 N–H and O–H groups in total. The number of hydrogen-bond acceptors (Lipinski definition) is 4. The lowest BCUT2D eigenvalue weighted by Gasteiger charge is -2.21. The second-order valence-corrected chi connectivity index (χ2v) is 9.31. The van der Waals surface area contributed by atoms with E-state index in [1.807, 2.05) is 20.8 Å². The Labute approximate surface area is 155 Å². The molecule has 0 saturated carbocycles. The second-order valence-electron chi connectivity index (χ2n) is 7.47. The molecule has 0 fully saturated rings. The van der Waals surface area contributed by atoms with E-state index in [0.717, 1.165) is 0 Å². The van der Waals surface area contributed by atoms with Crippen LogP contribution in [0.3, 0.4) is 0 Å². The van der Waals surface area contributed by atoms with Crippen LogP contribution in [0.1, 0.15) is 57.3 Å². The van der Waals surface area contributed by atoms with Crippen molar-refractivity contribution in [1.82, 2.24) is 5.32 Å². The molecule has 0 aromatic heterocycles. The van der Waals surface area contributed by atoms with E-state index in [9.17, 15) is 23.1 Å². The lowest BCUT2D eigenvalue weighted by molar-refractivity contribution is -0.139. The molecule has 1 amide bonds. The first-order chi connectivity index (χ1) is 11.9. The third-order valence-corrected chi connectivity index (χ3v) is 5.15. The quantitative estimate of drug-likeness (QED) is 0.606. The van der Waals surface area contributed by atoms with Crippen molar-refractivity contribution in [3.05, 3.63) is 29.8 Å². The fraction of sp³-hybridized carbons (Fsp3) is 0.556. The van der Waals surface area contributed by atoms with E-state index in [4.69, 9.17) is 0 Å². The summed E-state index contributed by atoms with van der Waals surface area (Å²) >= 11 is 0. The Morgan fingerprint density at radius 1 is 1.23 bits per heavy atom. The standard InChI is InChI=1S/C18H28N2O5S/c1-5-11-26(24,25)20-14-8-6-7-13(12-14)16(21)19-15(17(22)23)9-10-18(2,3)4/h6-8,12,15,20H,5,9-11H2,1-4H3,(H,19,21)(H,22,23). The van der Waals surface area contributed by atoms with Gasteiger partial charge >= 0.3 is 5.97 Å². The Balaban J connectivity index is 2.85. The molecule has 0 aliphatic heterocycles. The smallest absolute Gasteiger partial charge is 0.326 e. The van der Waals surface area contributed by atoms with Gasteiger partial charge in [0.1, 0.15) is 6.04 Å². The van der Waals surface area contributed by atoms with Crippen molar-refractivity contribution < 1.29 is 23.1 Å². The molecule has 1 rings (SSSR count). The number of amides is 1. The van der Waals surface area contributed by atoms with Gasteiger partial charge in [-0.15, -0.1) is 0 Å². The van der Waals surface area contributed by atoms with Crippen LogP contribution in [0.2, 0.25) is 0 Å². The van der Waals surface area contributed by atoms with Crippen LogP contribution < -0.4 is 10.0 Å². The summed E-state index contributed by atoms with van der Waals surface area (Å²) in [7, 11) is -3.46. The highest BCUT2D eigenvalue weighted by Gasteiger charge is 2.23. The number of rotatable bonds is 9. The molecule has 1 atom stereocenters. The van der Waals surface area contributed by atoms with E-state index in [1.165, 1.54) is 18.2 Å². The second kappa shape index (κ2) is 9.02. The molecule has 1 aromatic carbocycles. The van der Waals surface area contributed by atoms with Gasteiger partial charge in [-0.2, -0.15) is 0 Å². The SMILES string of the molecule is CCCS(=O)(=O)Nc1cccc(C(=O)NC(CCC(C)(C)C)C(=O)O)c1. The van der Waals surface area contributed by atoms with E-state index < -0.39 is 27.9 Å². The van der Waals surface area contributed by atoms with Crippen LogP contribution in [0.4, 0.5) is 5.69 Å². The van der Waals surface area contributed by atoms with Gasteiger partial charge in [0.2, 0.25) is 10.0 Å². The summed E-state index contributed by atoms with van der Waals surface area (Å²) in [5.41, 5.74) is 0.423. The number of carbonyl (C=O) groups excluding carboxylic acids is 1. The highest BCUT2D eigenvalue weighted by atomic mass is 32.2. The molecule has 0 radical (unpaired) electrons. The molecule has 7 nitrogen and oxygen atoms in total. The number of carbonyl (C=O) groups is 2. The number of sulfonamides is 1. The molecule has 0 bridgehead atoms. The Hall–Kier alpha value is -2.09. The van der Waals surface area contributed by atoms with Crippen molar-refractivity contribution in [2.45, 2.75) is 53.0 Å². The normalized spacial score (nSPS) is 13.1. The van der Waals surface area contributed by atoms with Crippen LogP contribution in [0.5, 0.6) is 0 Å². The topological polar surface area (TPSA) is 113 Å². The van der Waals surface area contributed by atoms with Crippen molar-refractivity contribution in [2.75, 3.05) is 10.5 Å². The van der Waals surface area contributed by atoms with Crippen molar-refractivity contribution in [1.29, 1.82) is 0 Å². The first-order valence-electron chi connectivity index (χ1n) is 8.58. The van der Waals surface area contributed by atoms with Gasteiger partial charge < -0.3 is 10.4 Å². The summed E-state index contributed by atoms with van der Waals surface area (Å²) in [6, 6.07) is 4.99. The molecule has 0 heterocycles. The van der Waals surface area contributed by atoms with Crippen LogP contribution in [-0.2, 0) is 14.8 Å². The number of carboxylic acids is 1. The number of anilines is 1. The first kappa shape index (κ1) is 22.0. The van der Waals surface area contributed by atoms with E-state index in [2.05, 4.69) is 10.0 Å². The van der Waals surface area contributed by atoms with Crippen molar-refractivity contribution in [3.63, 3.8) is 0 Å². The molecular weight excluding hydrogens is 356 g/mol. The van der Waals surface area contributed by atoms with E-state index in [0.29, 0.717) is 19.3 Å². The predicted octanol–water partition coefficient (Wildman–Crippen LogP) is 2.85. The number of carboxylic acid groups (broad SMARTS) is 1. The average Bonchev–Trinajstić information content (AvgIpc) is 2.49. The van der Waals surface area contributed by atoms with E-state index in [-0.39, 0.29) is 22.4 Å². The van der Waals surface area contributed by atoms with Crippen LogP contribution in [0.25, 0.3) is 0 Å². The third-order valence-electron chi connectivity index (χ3n) is 3.66. The fourth-order valence-corrected chi connectivity index (χ4v) is 3.43. The lowest BCUT2D eigenvalue weighted by atomic mass is 9.88.